The van der Waals surface area contributed by atoms with Crippen LogP contribution in [0.1, 0.15) is 58.8 Å². The van der Waals surface area contributed by atoms with Crippen molar-refractivity contribution in [2.45, 2.75) is 58.8 Å². The van der Waals surface area contributed by atoms with E-state index in [0.717, 1.165) is 19.4 Å². The van der Waals surface area contributed by atoms with Crippen LogP contribution in [0.25, 0.3) is 0 Å². The molecular formula is C14H27NO. The lowest BCUT2D eigenvalue weighted by molar-refractivity contribution is -0.121. The van der Waals surface area contributed by atoms with Crippen molar-refractivity contribution < 1.29 is 4.79 Å². The third kappa shape index (κ3) is 11.3. The first-order valence-electron chi connectivity index (χ1n) is 6.54. The van der Waals surface area contributed by atoms with Crippen molar-refractivity contribution in [3.05, 3.63) is 12.7 Å². The van der Waals surface area contributed by atoms with Crippen molar-refractivity contribution in [1.29, 1.82) is 0 Å². The molecule has 0 aromatic carbocycles. The van der Waals surface area contributed by atoms with E-state index in [4.69, 9.17) is 0 Å². The fraction of sp³-hybridized carbons (Fsp3) is 0.786. The van der Waals surface area contributed by atoms with Gasteiger partial charge in [-0.3, -0.25) is 4.79 Å². The quantitative estimate of drug-likeness (QED) is 0.446. The number of carbonyl (C=O) groups is 1. The number of hydrogen-bond donors (Lipinski definition) is 1. The highest BCUT2D eigenvalue weighted by Gasteiger charge is 2.01. The van der Waals surface area contributed by atoms with Gasteiger partial charge in [0.15, 0.2) is 0 Å². The molecule has 0 aromatic rings. The molecule has 0 unspecified atom stereocenters. The number of carbonyl (C=O) groups excluding carboxylic acids is 1. The molecule has 0 fully saturated rings. The highest BCUT2D eigenvalue weighted by molar-refractivity contribution is 5.75. The number of unbranched alkanes of at least 4 members (excludes halogenated alkanes) is 5. The van der Waals surface area contributed by atoms with E-state index in [1.807, 2.05) is 6.08 Å². The van der Waals surface area contributed by atoms with Gasteiger partial charge in [-0.1, -0.05) is 39.2 Å². The Morgan fingerprint density at radius 2 is 1.81 bits per heavy atom. The molecule has 0 bridgehead atoms. The van der Waals surface area contributed by atoms with Gasteiger partial charge in [-0.25, -0.2) is 0 Å². The van der Waals surface area contributed by atoms with Gasteiger partial charge in [-0.05, 0) is 25.2 Å². The minimum atomic E-state index is 0.208. The predicted octanol–water partition coefficient (Wildman–Crippen LogP) is 3.68. The van der Waals surface area contributed by atoms with Crippen molar-refractivity contribution in [3.8, 4) is 0 Å². The van der Waals surface area contributed by atoms with Crippen LogP contribution in [0.4, 0.5) is 0 Å². The summed E-state index contributed by atoms with van der Waals surface area (Å²) in [7, 11) is 0. The van der Waals surface area contributed by atoms with E-state index in [-0.39, 0.29) is 5.91 Å². The van der Waals surface area contributed by atoms with Crippen LogP contribution in [0, 0.1) is 5.92 Å². The topological polar surface area (TPSA) is 29.1 Å². The lowest BCUT2D eigenvalue weighted by Crippen LogP contribution is -2.26. The molecule has 0 aliphatic heterocycles. The van der Waals surface area contributed by atoms with E-state index >= 15 is 0 Å². The van der Waals surface area contributed by atoms with Crippen LogP contribution in [-0.2, 0) is 4.79 Å². The molecule has 1 N–H and O–H groups in total. The minimum Gasteiger partial charge on any atom is -0.356 e. The van der Waals surface area contributed by atoms with Crippen molar-refractivity contribution in [3.63, 3.8) is 0 Å². The zero-order valence-corrected chi connectivity index (χ0v) is 10.9. The molecule has 0 aliphatic carbocycles. The first kappa shape index (κ1) is 15.2. The summed E-state index contributed by atoms with van der Waals surface area (Å²) in [5.41, 5.74) is 0. The number of nitrogens with one attached hydrogen (secondary N) is 1. The van der Waals surface area contributed by atoms with Crippen molar-refractivity contribution in [2.75, 3.05) is 6.54 Å². The van der Waals surface area contributed by atoms with Crippen LogP contribution in [0.3, 0.4) is 0 Å². The summed E-state index contributed by atoms with van der Waals surface area (Å²) in [4.78, 5) is 11.4. The van der Waals surface area contributed by atoms with Gasteiger partial charge in [0, 0.05) is 13.0 Å². The van der Waals surface area contributed by atoms with Gasteiger partial charge in [0.05, 0.1) is 0 Å². The molecule has 0 rings (SSSR count). The first-order valence-corrected chi connectivity index (χ1v) is 6.54. The van der Waals surface area contributed by atoms with Crippen LogP contribution in [-0.4, -0.2) is 12.5 Å². The standard InChI is InChI=1S/C14H27NO/c1-4-5-6-7-8-9-10-11-14(16)15-12-13(2)3/h4,13H,1,5-12H2,2-3H3,(H,15,16). The Balaban J connectivity index is 3.18. The highest BCUT2D eigenvalue weighted by Crippen LogP contribution is 2.07. The average molecular weight is 225 g/mol. The van der Waals surface area contributed by atoms with Gasteiger partial charge in [0.25, 0.3) is 0 Å². The maximum atomic E-state index is 11.4. The molecule has 2 heteroatoms. The molecule has 0 saturated carbocycles. The second kappa shape index (κ2) is 10.7. The molecule has 0 aromatic heterocycles. The van der Waals surface area contributed by atoms with E-state index in [1.54, 1.807) is 0 Å². The fourth-order valence-electron chi connectivity index (χ4n) is 1.51. The Labute approximate surface area is 101 Å². The smallest absolute Gasteiger partial charge is 0.220 e. The van der Waals surface area contributed by atoms with Crippen molar-refractivity contribution in [2.24, 2.45) is 5.92 Å². The molecule has 0 heterocycles. The molecule has 94 valence electrons. The molecule has 16 heavy (non-hydrogen) atoms. The van der Waals surface area contributed by atoms with E-state index in [0.29, 0.717) is 12.3 Å². The second-order valence-corrected chi connectivity index (χ2v) is 4.79. The number of hydrogen-bond acceptors (Lipinski definition) is 1. The largest absolute Gasteiger partial charge is 0.356 e. The Morgan fingerprint density at radius 3 is 2.44 bits per heavy atom. The normalized spacial score (nSPS) is 10.4. The van der Waals surface area contributed by atoms with Gasteiger partial charge in [0.2, 0.25) is 5.91 Å². The molecule has 0 atom stereocenters. The SMILES string of the molecule is C=CCCCCCCCC(=O)NCC(C)C. The summed E-state index contributed by atoms with van der Waals surface area (Å²) in [5.74, 6) is 0.752. The Kier molecular flexibility index (Phi) is 10.2. The van der Waals surface area contributed by atoms with Crippen LogP contribution in [0.5, 0.6) is 0 Å². The number of amides is 1. The predicted molar refractivity (Wildman–Crippen MR) is 70.4 cm³/mol. The Bertz CT molecular complexity index is 187. The van der Waals surface area contributed by atoms with E-state index in [2.05, 4.69) is 25.7 Å². The molecule has 0 radical (unpaired) electrons. The fourth-order valence-corrected chi connectivity index (χ4v) is 1.51. The third-order valence-electron chi connectivity index (χ3n) is 2.52. The number of rotatable bonds is 10. The van der Waals surface area contributed by atoms with E-state index in [1.165, 1.54) is 25.7 Å². The summed E-state index contributed by atoms with van der Waals surface area (Å²) < 4.78 is 0. The maximum absolute atomic E-state index is 11.4. The van der Waals surface area contributed by atoms with Gasteiger partial charge in [-0.2, -0.15) is 0 Å². The van der Waals surface area contributed by atoms with Gasteiger partial charge in [0.1, 0.15) is 0 Å². The zero-order chi connectivity index (χ0) is 12.2. The van der Waals surface area contributed by atoms with Crippen LogP contribution < -0.4 is 5.32 Å². The minimum absolute atomic E-state index is 0.208. The van der Waals surface area contributed by atoms with Crippen LogP contribution in [0.15, 0.2) is 12.7 Å². The summed E-state index contributed by atoms with van der Waals surface area (Å²) in [6, 6.07) is 0. The summed E-state index contributed by atoms with van der Waals surface area (Å²) >= 11 is 0. The van der Waals surface area contributed by atoms with Crippen LogP contribution in [0.2, 0.25) is 0 Å². The van der Waals surface area contributed by atoms with Crippen molar-refractivity contribution >= 4 is 5.91 Å². The number of allylic oxidation sites excluding steroid dienone is 1. The average Bonchev–Trinajstić information content (AvgIpc) is 2.25. The maximum Gasteiger partial charge on any atom is 0.220 e. The Morgan fingerprint density at radius 1 is 1.19 bits per heavy atom. The summed E-state index contributed by atoms with van der Waals surface area (Å²) in [5, 5.41) is 2.94. The first-order chi connectivity index (χ1) is 7.66. The molecule has 1 amide bonds. The van der Waals surface area contributed by atoms with Gasteiger partial charge >= 0.3 is 0 Å². The zero-order valence-electron chi connectivity index (χ0n) is 10.9. The van der Waals surface area contributed by atoms with Gasteiger partial charge in [-0.15, -0.1) is 6.58 Å². The molecule has 2 nitrogen and oxygen atoms in total. The monoisotopic (exact) mass is 225 g/mol. The Hall–Kier alpha value is -0.790. The summed E-state index contributed by atoms with van der Waals surface area (Å²) in [6.45, 7) is 8.73. The van der Waals surface area contributed by atoms with E-state index in [9.17, 15) is 4.79 Å². The molecule has 0 saturated heterocycles. The van der Waals surface area contributed by atoms with Crippen molar-refractivity contribution in [1.82, 2.24) is 5.32 Å². The van der Waals surface area contributed by atoms with E-state index < -0.39 is 0 Å². The van der Waals surface area contributed by atoms with Gasteiger partial charge < -0.3 is 5.32 Å². The van der Waals surface area contributed by atoms with Crippen LogP contribution >= 0.6 is 0 Å². The summed E-state index contributed by atoms with van der Waals surface area (Å²) in [6.07, 6.45) is 9.72. The lowest BCUT2D eigenvalue weighted by atomic mass is 10.1. The molecular weight excluding hydrogens is 198 g/mol. The second-order valence-electron chi connectivity index (χ2n) is 4.79. The highest BCUT2D eigenvalue weighted by atomic mass is 16.1. The molecule has 0 spiro atoms. The third-order valence-corrected chi connectivity index (χ3v) is 2.52. The molecule has 0 aliphatic rings. The lowest BCUT2D eigenvalue weighted by Gasteiger charge is -2.07.